The van der Waals surface area contributed by atoms with Crippen molar-refractivity contribution >= 4 is 12.2 Å². The third-order valence-corrected chi connectivity index (χ3v) is 4.93. The van der Waals surface area contributed by atoms with Gasteiger partial charge in [-0.05, 0) is 35.2 Å². The molecule has 2 N–H and O–H groups in total. The summed E-state index contributed by atoms with van der Waals surface area (Å²) in [7, 11) is 1.52. The second-order valence-electron chi connectivity index (χ2n) is 7.60. The molecule has 2 amide bonds. The summed E-state index contributed by atoms with van der Waals surface area (Å²) in [4.78, 5) is 25.1. The van der Waals surface area contributed by atoms with E-state index in [0.717, 1.165) is 17.5 Å². The molecule has 0 heterocycles. The molecule has 0 bridgehead atoms. The normalized spacial score (nSPS) is 10.4. The Morgan fingerprint density at radius 1 is 0.771 bits per heavy atom. The maximum atomic E-state index is 12.5. The summed E-state index contributed by atoms with van der Waals surface area (Å²) in [5, 5.41) is 5.35. The number of hydrogen-bond donors (Lipinski definition) is 2. The van der Waals surface area contributed by atoms with Gasteiger partial charge in [0.25, 0.3) is 0 Å². The zero-order valence-corrected chi connectivity index (χ0v) is 19.9. The number of carbonyl (C=O) groups is 2. The number of methoxy groups -OCH3 is 1. The molecule has 35 heavy (non-hydrogen) atoms. The van der Waals surface area contributed by atoms with E-state index in [1.54, 1.807) is 18.2 Å². The van der Waals surface area contributed by atoms with Crippen LogP contribution in [0.15, 0.2) is 78.9 Å². The fraction of sp³-hybridized carbons (Fsp3) is 0.259. The van der Waals surface area contributed by atoms with Gasteiger partial charge in [-0.1, -0.05) is 73.7 Å². The van der Waals surface area contributed by atoms with Crippen LogP contribution in [-0.2, 0) is 22.7 Å². The molecule has 0 saturated carbocycles. The van der Waals surface area contributed by atoms with Gasteiger partial charge in [0.1, 0.15) is 19.4 Å². The topological polar surface area (TPSA) is 95.1 Å². The van der Waals surface area contributed by atoms with Crippen LogP contribution < -0.4 is 20.1 Å². The summed E-state index contributed by atoms with van der Waals surface area (Å²) in [6, 6.07) is 23.7. The van der Waals surface area contributed by atoms with Crippen molar-refractivity contribution in [1.29, 1.82) is 0 Å². The monoisotopic (exact) mass is 478 g/mol. The second-order valence-corrected chi connectivity index (χ2v) is 7.60. The Morgan fingerprint density at radius 3 is 1.80 bits per heavy atom. The number of nitrogens with one attached hydrogen (secondary N) is 2. The fourth-order valence-corrected chi connectivity index (χ4v) is 3.16. The van der Waals surface area contributed by atoms with Gasteiger partial charge < -0.3 is 18.9 Å². The molecule has 0 unspecified atom stereocenters. The number of amides is 2. The summed E-state index contributed by atoms with van der Waals surface area (Å²) >= 11 is 0. The molecule has 8 nitrogen and oxygen atoms in total. The molecular weight excluding hydrogens is 448 g/mol. The van der Waals surface area contributed by atoms with E-state index in [0.29, 0.717) is 23.7 Å². The third-order valence-electron chi connectivity index (χ3n) is 4.93. The number of alkyl carbamates (subject to hydrolysis) is 2. The Balaban J connectivity index is 1.71. The number of carbonyl (C=O) groups excluding carboxylic acids is 2. The molecule has 0 saturated heterocycles. The van der Waals surface area contributed by atoms with Gasteiger partial charge in [-0.2, -0.15) is 0 Å². The van der Waals surface area contributed by atoms with Crippen LogP contribution in [0.3, 0.4) is 0 Å². The molecule has 0 aliphatic heterocycles. The van der Waals surface area contributed by atoms with Crippen LogP contribution >= 0.6 is 0 Å². The number of hydrogen-bond acceptors (Lipinski definition) is 6. The number of rotatable bonds is 11. The van der Waals surface area contributed by atoms with Gasteiger partial charge in [0.15, 0.2) is 11.5 Å². The van der Waals surface area contributed by atoms with E-state index in [9.17, 15) is 9.59 Å². The van der Waals surface area contributed by atoms with Crippen molar-refractivity contribution in [3.63, 3.8) is 0 Å². The number of ether oxygens (including phenoxy) is 4. The van der Waals surface area contributed by atoms with Gasteiger partial charge in [-0.15, -0.1) is 0 Å². The van der Waals surface area contributed by atoms with Gasteiger partial charge in [0.2, 0.25) is 0 Å². The third kappa shape index (κ3) is 8.26. The van der Waals surface area contributed by atoms with Gasteiger partial charge in [0, 0.05) is 0 Å². The largest absolute Gasteiger partial charge is 0.493 e. The summed E-state index contributed by atoms with van der Waals surface area (Å²) in [5.74, 6) is 1.04. The molecule has 0 radical (unpaired) electrons. The molecule has 3 aromatic rings. The predicted molar refractivity (Wildman–Crippen MR) is 131 cm³/mol. The average molecular weight is 479 g/mol. The molecule has 0 aliphatic rings. The Hall–Kier alpha value is -4.20. The molecular formula is C27H30N2O6. The van der Waals surface area contributed by atoms with E-state index in [1.807, 2.05) is 67.6 Å². The van der Waals surface area contributed by atoms with Gasteiger partial charge in [0.05, 0.1) is 13.7 Å². The molecule has 0 aliphatic carbocycles. The highest BCUT2D eigenvalue weighted by Crippen LogP contribution is 2.30. The Morgan fingerprint density at radius 2 is 1.31 bits per heavy atom. The van der Waals surface area contributed by atoms with Gasteiger partial charge in [-0.3, -0.25) is 10.6 Å². The zero-order chi connectivity index (χ0) is 24.9. The molecule has 8 heteroatoms. The number of benzene rings is 3. The predicted octanol–water partition coefficient (Wildman–Crippen LogP) is 5.34. The lowest BCUT2D eigenvalue weighted by molar-refractivity contribution is 0.122. The Labute approximate surface area is 205 Å². The van der Waals surface area contributed by atoms with Crippen molar-refractivity contribution in [3.05, 3.63) is 95.6 Å². The van der Waals surface area contributed by atoms with Gasteiger partial charge >= 0.3 is 12.2 Å². The van der Waals surface area contributed by atoms with E-state index in [-0.39, 0.29) is 13.2 Å². The van der Waals surface area contributed by atoms with E-state index in [1.165, 1.54) is 7.11 Å². The molecule has 3 aromatic carbocycles. The van der Waals surface area contributed by atoms with E-state index < -0.39 is 18.4 Å². The van der Waals surface area contributed by atoms with Crippen molar-refractivity contribution < 1.29 is 28.5 Å². The summed E-state index contributed by atoms with van der Waals surface area (Å²) in [6.45, 7) is 2.72. The minimum Gasteiger partial charge on any atom is -0.493 e. The summed E-state index contributed by atoms with van der Waals surface area (Å²) in [5.41, 5.74) is 2.24. The van der Waals surface area contributed by atoms with E-state index >= 15 is 0 Å². The van der Waals surface area contributed by atoms with E-state index in [4.69, 9.17) is 18.9 Å². The van der Waals surface area contributed by atoms with Crippen LogP contribution in [0.2, 0.25) is 0 Å². The fourth-order valence-electron chi connectivity index (χ4n) is 3.16. The second kappa shape index (κ2) is 13.5. The average Bonchev–Trinajstić information content (AvgIpc) is 2.90. The lowest BCUT2D eigenvalue weighted by atomic mass is 10.1. The maximum absolute atomic E-state index is 12.5. The Kier molecular flexibility index (Phi) is 9.80. The minimum atomic E-state index is -0.935. The van der Waals surface area contributed by atoms with E-state index in [2.05, 4.69) is 10.6 Å². The SMILES string of the molecule is CCCOc1ccc(C(NC(=O)OCc2ccccc2)NC(=O)OCc2ccccc2)cc1OC. The van der Waals surface area contributed by atoms with Crippen molar-refractivity contribution in [3.8, 4) is 11.5 Å². The van der Waals surface area contributed by atoms with Crippen molar-refractivity contribution in [1.82, 2.24) is 10.6 Å². The maximum Gasteiger partial charge on any atom is 0.409 e. The smallest absolute Gasteiger partial charge is 0.409 e. The van der Waals surface area contributed by atoms with Crippen LogP contribution in [0.1, 0.15) is 36.2 Å². The Bertz CT molecular complexity index is 1020. The molecule has 0 fully saturated rings. The van der Waals surface area contributed by atoms with Crippen LogP contribution in [0.25, 0.3) is 0 Å². The highest BCUT2D eigenvalue weighted by Gasteiger charge is 2.21. The van der Waals surface area contributed by atoms with Crippen LogP contribution in [0, 0.1) is 0 Å². The first-order chi connectivity index (χ1) is 17.1. The molecule has 3 rings (SSSR count). The first-order valence-electron chi connectivity index (χ1n) is 11.3. The van der Waals surface area contributed by atoms with Crippen molar-refractivity contribution in [2.75, 3.05) is 13.7 Å². The highest BCUT2D eigenvalue weighted by atomic mass is 16.6. The quantitative estimate of drug-likeness (QED) is 0.362. The lowest BCUT2D eigenvalue weighted by Gasteiger charge is -2.21. The lowest BCUT2D eigenvalue weighted by Crippen LogP contribution is -2.41. The molecule has 0 aromatic heterocycles. The minimum absolute atomic E-state index is 0.0883. The molecule has 0 spiro atoms. The molecule has 0 atom stereocenters. The summed E-state index contributed by atoms with van der Waals surface area (Å²) in [6.07, 6.45) is -1.49. The van der Waals surface area contributed by atoms with Crippen LogP contribution in [-0.4, -0.2) is 25.9 Å². The first kappa shape index (κ1) is 25.4. The van der Waals surface area contributed by atoms with Crippen molar-refractivity contribution in [2.45, 2.75) is 32.7 Å². The van der Waals surface area contributed by atoms with Crippen LogP contribution in [0.5, 0.6) is 11.5 Å². The summed E-state index contributed by atoms with van der Waals surface area (Å²) < 4.78 is 21.8. The van der Waals surface area contributed by atoms with Crippen LogP contribution in [0.4, 0.5) is 9.59 Å². The zero-order valence-electron chi connectivity index (χ0n) is 19.9. The molecule has 184 valence electrons. The highest BCUT2D eigenvalue weighted by molar-refractivity contribution is 5.71. The first-order valence-corrected chi connectivity index (χ1v) is 11.3. The van der Waals surface area contributed by atoms with Gasteiger partial charge in [-0.25, -0.2) is 9.59 Å². The standard InChI is InChI=1S/C27H30N2O6/c1-3-16-33-23-15-14-22(17-24(23)32-2)25(28-26(30)34-18-20-10-6-4-7-11-20)29-27(31)35-19-21-12-8-5-9-13-21/h4-15,17,25H,3,16,18-19H2,1-2H3,(H,28,30)(H,29,31). The van der Waals surface area contributed by atoms with Crippen molar-refractivity contribution in [2.24, 2.45) is 0 Å².